The standard InChI is InChI=1S/C9H7Cl2F2NO2/c1-16-7(15)3-5-8(9(12)13)4(10)2-6(11)14-5/h2,9H,3H2,1H3. The van der Waals surface area contributed by atoms with Gasteiger partial charge in [0.1, 0.15) is 5.15 Å². The monoisotopic (exact) mass is 269 g/mol. The molecule has 0 N–H and O–H groups in total. The summed E-state index contributed by atoms with van der Waals surface area (Å²) in [5, 5.41) is -0.262. The van der Waals surface area contributed by atoms with Crippen molar-refractivity contribution in [2.45, 2.75) is 12.8 Å². The Morgan fingerprint density at radius 3 is 2.69 bits per heavy atom. The molecule has 0 aromatic carbocycles. The van der Waals surface area contributed by atoms with Crippen LogP contribution in [0.3, 0.4) is 0 Å². The summed E-state index contributed by atoms with van der Waals surface area (Å²) in [7, 11) is 1.15. The molecule has 0 bridgehead atoms. The molecule has 0 aliphatic heterocycles. The molecule has 0 radical (unpaired) electrons. The fourth-order valence-electron chi connectivity index (χ4n) is 1.12. The van der Waals surface area contributed by atoms with E-state index in [1.165, 1.54) is 0 Å². The van der Waals surface area contributed by atoms with Crippen LogP contribution in [-0.2, 0) is 16.0 Å². The van der Waals surface area contributed by atoms with Gasteiger partial charge in [-0.1, -0.05) is 23.2 Å². The molecule has 7 heteroatoms. The molecule has 3 nitrogen and oxygen atoms in total. The van der Waals surface area contributed by atoms with Crippen LogP contribution in [0.4, 0.5) is 8.78 Å². The molecule has 16 heavy (non-hydrogen) atoms. The number of carbonyl (C=O) groups excluding carboxylic acids is 1. The first kappa shape index (κ1) is 13.1. The Kier molecular flexibility index (Phi) is 4.44. The second-order valence-electron chi connectivity index (χ2n) is 2.84. The third-order valence-corrected chi connectivity index (χ3v) is 2.32. The fourth-order valence-corrected chi connectivity index (χ4v) is 1.68. The van der Waals surface area contributed by atoms with Crippen molar-refractivity contribution in [3.05, 3.63) is 27.5 Å². The molecule has 1 heterocycles. The predicted octanol–water partition coefficient (Wildman–Crippen LogP) is 3.04. The van der Waals surface area contributed by atoms with E-state index in [0.717, 1.165) is 13.2 Å². The van der Waals surface area contributed by atoms with E-state index < -0.39 is 24.4 Å². The largest absolute Gasteiger partial charge is 0.469 e. The van der Waals surface area contributed by atoms with Crippen LogP contribution < -0.4 is 0 Å². The Morgan fingerprint density at radius 2 is 2.19 bits per heavy atom. The second kappa shape index (κ2) is 5.41. The highest BCUT2D eigenvalue weighted by atomic mass is 35.5. The van der Waals surface area contributed by atoms with Gasteiger partial charge in [0.2, 0.25) is 0 Å². The highest BCUT2D eigenvalue weighted by Crippen LogP contribution is 2.31. The molecular weight excluding hydrogens is 263 g/mol. The van der Waals surface area contributed by atoms with Crippen LogP contribution in [0.2, 0.25) is 10.2 Å². The number of ether oxygens (including phenoxy) is 1. The quantitative estimate of drug-likeness (QED) is 0.626. The zero-order valence-electron chi connectivity index (χ0n) is 8.14. The summed E-state index contributed by atoms with van der Waals surface area (Å²) in [6.45, 7) is 0. The highest BCUT2D eigenvalue weighted by Gasteiger charge is 2.21. The first-order valence-corrected chi connectivity index (χ1v) is 4.91. The molecule has 0 spiro atoms. The topological polar surface area (TPSA) is 39.2 Å². The van der Waals surface area contributed by atoms with Crippen molar-refractivity contribution in [1.29, 1.82) is 0 Å². The van der Waals surface area contributed by atoms with E-state index in [1.807, 2.05) is 0 Å². The van der Waals surface area contributed by atoms with Crippen LogP contribution in [0, 0.1) is 0 Å². The number of rotatable bonds is 3. The summed E-state index contributed by atoms with van der Waals surface area (Å²) in [6, 6.07) is 1.10. The third-order valence-electron chi connectivity index (χ3n) is 1.81. The minimum absolute atomic E-state index is 0.0479. The van der Waals surface area contributed by atoms with E-state index in [-0.39, 0.29) is 15.9 Å². The lowest BCUT2D eigenvalue weighted by Gasteiger charge is -2.09. The lowest BCUT2D eigenvalue weighted by molar-refractivity contribution is -0.139. The molecule has 1 aromatic rings. The lowest BCUT2D eigenvalue weighted by Crippen LogP contribution is -2.09. The van der Waals surface area contributed by atoms with E-state index in [9.17, 15) is 13.6 Å². The van der Waals surface area contributed by atoms with Gasteiger partial charge in [0.05, 0.1) is 29.8 Å². The van der Waals surface area contributed by atoms with Crippen molar-refractivity contribution in [2.75, 3.05) is 7.11 Å². The summed E-state index contributed by atoms with van der Waals surface area (Å²) in [4.78, 5) is 14.6. The number of esters is 1. The van der Waals surface area contributed by atoms with Crippen LogP contribution in [-0.4, -0.2) is 18.1 Å². The first-order valence-electron chi connectivity index (χ1n) is 4.15. The van der Waals surface area contributed by atoms with Crippen molar-refractivity contribution < 1.29 is 18.3 Å². The van der Waals surface area contributed by atoms with Gasteiger partial charge < -0.3 is 4.74 Å². The van der Waals surface area contributed by atoms with E-state index in [1.54, 1.807) is 0 Å². The Morgan fingerprint density at radius 1 is 1.56 bits per heavy atom. The number of halogens is 4. The Balaban J connectivity index is 3.18. The van der Waals surface area contributed by atoms with Crippen LogP contribution in [0.5, 0.6) is 0 Å². The minimum Gasteiger partial charge on any atom is -0.469 e. The molecule has 0 saturated carbocycles. The number of pyridine rings is 1. The normalized spacial score (nSPS) is 10.6. The van der Waals surface area contributed by atoms with Crippen molar-refractivity contribution in [3.8, 4) is 0 Å². The van der Waals surface area contributed by atoms with Crippen LogP contribution in [0.1, 0.15) is 17.7 Å². The van der Waals surface area contributed by atoms with Crippen LogP contribution in [0.15, 0.2) is 6.07 Å². The summed E-state index contributed by atoms with van der Waals surface area (Å²) >= 11 is 11.2. The Bertz CT molecular complexity index is 413. The van der Waals surface area contributed by atoms with Gasteiger partial charge in [-0.3, -0.25) is 4.79 Å². The number of aromatic nitrogens is 1. The SMILES string of the molecule is COC(=O)Cc1nc(Cl)cc(Cl)c1C(F)F. The van der Waals surface area contributed by atoms with Crippen molar-refractivity contribution in [1.82, 2.24) is 4.98 Å². The van der Waals surface area contributed by atoms with E-state index in [2.05, 4.69) is 9.72 Å². The number of methoxy groups -OCH3 is 1. The summed E-state index contributed by atoms with van der Waals surface area (Å²) in [6.07, 6.45) is -3.21. The van der Waals surface area contributed by atoms with Gasteiger partial charge in [-0.2, -0.15) is 0 Å². The number of hydrogen-bond acceptors (Lipinski definition) is 3. The number of hydrogen-bond donors (Lipinski definition) is 0. The summed E-state index contributed by atoms with van der Waals surface area (Å²) in [5.74, 6) is -0.687. The van der Waals surface area contributed by atoms with Crippen LogP contribution in [0.25, 0.3) is 0 Å². The molecule has 0 saturated heterocycles. The molecule has 0 aliphatic carbocycles. The average molecular weight is 270 g/mol. The molecule has 0 amide bonds. The van der Waals surface area contributed by atoms with E-state index in [4.69, 9.17) is 23.2 Å². The maximum absolute atomic E-state index is 12.7. The minimum atomic E-state index is -2.82. The number of carbonyl (C=O) groups is 1. The van der Waals surface area contributed by atoms with Gasteiger partial charge in [0.25, 0.3) is 6.43 Å². The Labute approximate surface area is 100 Å². The summed E-state index contributed by atoms with van der Waals surface area (Å²) in [5.41, 5.74) is -0.657. The molecule has 1 aromatic heterocycles. The molecule has 0 unspecified atom stereocenters. The van der Waals surface area contributed by atoms with E-state index >= 15 is 0 Å². The highest BCUT2D eigenvalue weighted by molar-refractivity contribution is 6.34. The number of nitrogens with zero attached hydrogens (tertiary/aromatic N) is 1. The molecule has 0 atom stereocenters. The van der Waals surface area contributed by atoms with Gasteiger partial charge in [-0.25, -0.2) is 13.8 Å². The zero-order valence-corrected chi connectivity index (χ0v) is 9.65. The first-order chi connectivity index (χ1) is 7.45. The average Bonchev–Trinajstić information content (AvgIpc) is 2.15. The number of alkyl halides is 2. The predicted molar refractivity (Wildman–Crippen MR) is 54.9 cm³/mol. The third kappa shape index (κ3) is 3.02. The molecule has 1 rings (SSSR count). The maximum atomic E-state index is 12.7. The van der Waals surface area contributed by atoms with Crippen molar-refractivity contribution in [3.63, 3.8) is 0 Å². The van der Waals surface area contributed by atoms with Gasteiger partial charge in [0, 0.05) is 0 Å². The van der Waals surface area contributed by atoms with Gasteiger partial charge in [-0.05, 0) is 6.07 Å². The molecular formula is C9H7Cl2F2NO2. The van der Waals surface area contributed by atoms with Crippen molar-refractivity contribution >= 4 is 29.2 Å². The fraction of sp³-hybridized carbons (Fsp3) is 0.333. The van der Waals surface area contributed by atoms with E-state index in [0.29, 0.717) is 0 Å². The smallest absolute Gasteiger partial charge is 0.311 e. The van der Waals surface area contributed by atoms with Crippen LogP contribution >= 0.6 is 23.2 Å². The molecule has 0 fully saturated rings. The van der Waals surface area contributed by atoms with Gasteiger partial charge in [-0.15, -0.1) is 0 Å². The lowest BCUT2D eigenvalue weighted by atomic mass is 10.1. The molecule has 88 valence electrons. The summed E-state index contributed by atoms with van der Waals surface area (Å²) < 4.78 is 29.7. The Hall–Kier alpha value is -0.940. The maximum Gasteiger partial charge on any atom is 0.311 e. The van der Waals surface area contributed by atoms with Crippen molar-refractivity contribution in [2.24, 2.45) is 0 Å². The second-order valence-corrected chi connectivity index (χ2v) is 3.64. The van der Waals surface area contributed by atoms with Gasteiger partial charge >= 0.3 is 5.97 Å². The zero-order chi connectivity index (χ0) is 12.3. The molecule has 0 aliphatic rings. The van der Waals surface area contributed by atoms with Gasteiger partial charge in [0.15, 0.2) is 0 Å².